The normalized spacial score (nSPS) is 16.0. The Balaban J connectivity index is 1.67. The van der Waals surface area contributed by atoms with Crippen LogP contribution in [0.15, 0.2) is 48.5 Å². The molecule has 3 aromatic rings. The summed E-state index contributed by atoms with van der Waals surface area (Å²) in [5, 5.41) is 3.34. The van der Waals surface area contributed by atoms with Gasteiger partial charge in [0.15, 0.2) is 0 Å². The Bertz CT molecular complexity index is 1000. The summed E-state index contributed by atoms with van der Waals surface area (Å²) in [6.45, 7) is 7.07. The van der Waals surface area contributed by atoms with Crippen LogP contribution in [-0.4, -0.2) is 16.5 Å². The van der Waals surface area contributed by atoms with Crippen LogP contribution in [0.3, 0.4) is 0 Å². The number of hydrogen-bond acceptors (Lipinski definition) is 4. The molecule has 0 saturated heterocycles. The van der Waals surface area contributed by atoms with Crippen LogP contribution in [0.25, 0.3) is 0 Å². The average molecular weight is 376 g/mol. The number of rotatable bonds is 4. The van der Waals surface area contributed by atoms with Crippen LogP contribution in [0.4, 0.5) is 21.8 Å². The summed E-state index contributed by atoms with van der Waals surface area (Å²) in [6, 6.07) is 15.5. The molecule has 4 nitrogen and oxygen atoms in total. The van der Waals surface area contributed by atoms with Gasteiger partial charge in [-0.1, -0.05) is 31.2 Å². The third-order valence-electron chi connectivity index (χ3n) is 5.43. The zero-order valence-electron chi connectivity index (χ0n) is 16.5. The minimum absolute atomic E-state index is 0.220. The first kappa shape index (κ1) is 18.4. The van der Waals surface area contributed by atoms with Crippen LogP contribution in [-0.2, 0) is 12.8 Å². The number of benzene rings is 2. The topological polar surface area (TPSA) is 41.1 Å². The molecule has 0 saturated carbocycles. The van der Waals surface area contributed by atoms with Crippen molar-refractivity contribution in [3.05, 3.63) is 76.7 Å². The second-order valence-electron chi connectivity index (χ2n) is 7.30. The molecule has 1 atom stereocenters. The first-order valence-corrected chi connectivity index (χ1v) is 9.80. The third-order valence-corrected chi connectivity index (χ3v) is 5.43. The molecule has 0 bridgehead atoms. The molecule has 1 aliphatic heterocycles. The smallest absolute Gasteiger partial charge is 0.228 e. The van der Waals surface area contributed by atoms with Crippen LogP contribution in [0, 0.1) is 12.7 Å². The van der Waals surface area contributed by atoms with E-state index < -0.39 is 0 Å². The van der Waals surface area contributed by atoms with Crippen molar-refractivity contribution in [2.75, 3.05) is 16.8 Å². The van der Waals surface area contributed by atoms with E-state index in [2.05, 4.69) is 48.3 Å². The van der Waals surface area contributed by atoms with Gasteiger partial charge >= 0.3 is 0 Å². The van der Waals surface area contributed by atoms with E-state index in [1.807, 2.05) is 13.0 Å². The van der Waals surface area contributed by atoms with E-state index in [1.165, 1.54) is 23.3 Å². The Morgan fingerprint density at radius 3 is 2.75 bits per heavy atom. The molecule has 0 radical (unpaired) electrons. The number of aryl methyl sites for hydroxylation is 2. The molecule has 5 heteroatoms. The molecule has 1 unspecified atom stereocenters. The summed E-state index contributed by atoms with van der Waals surface area (Å²) >= 11 is 0. The molecule has 1 aromatic heterocycles. The maximum Gasteiger partial charge on any atom is 0.228 e. The van der Waals surface area contributed by atoms with Gasteiger partial charge in [0.05, 0.1) is 6.04 Å². The molecule has 28 heavy (non-hydrogen) atoms. The van der Waals surface area contributed by atoms with Crippen molar-refractivity contribution in [1.29, 1.82) is 0 Å². The zero-order valence-corrected chi connectivity index (χ0v) is 16.5. The first-order chi connectivity index (χ1) is 13.5. The largest absolute Gasteiger partial charge is 0.340 e. The highest BCUT2D eigenvalue weighted by Crippen LogP contribution is 2.32. The van der Waals surface area contributed by atoms with Crippen molar-refractivity contribution in [1.82, 2.24) is 9.97 Å². The van der Waals surface area contributed by atoms with Gasteiger partial charge in [-0.05, 0) is 61.6 Å². The van der Waals surface area contributed by atoms with Crippen LogP contribution >= 0.6 is 0 Å². The van der Waals surface area contributed by atoms with Crippen LogP contribution in [0.5, 0.6) is 0 Å². The summed E-state index contributed by atoms with van der Waals surface area (Å²) in [5.41, 5.74) is 5.42. The van der Waals surface area contributed by atoms with Gasteiger partial charge in [0.25, 0.3) is 0 Å². The zero-order chi connectivity index (χ0) is 19.7. The number of anilines is 3. The Kier molecular flexibility index (Phi) is 4.99. The number of nitrogens with one attached hydrogen (secondary N) is 1. The van der Waals surface area contributed by atoms with E-state index in [0.29, 0.717) is 0 Å². The fraction of sp³-hybridized carbons (Fsp3) is 0.304. The molecule has 0 amide bonds. The number of halogens is 1. The van der Waals surface area contributed by atoms with E-state index in [0.717, 1.165) is 48.1 Å². The molecular formula is C23H25FN4. The van der Waals surface area contributed by atoms with Crippen molar-refractivity contribution >= 4 is 17.5 Å². The number of fused-ring (bicyclic) bond motifs is 1. The monoisotopic (exact) mass is 376 g/mol. The van der Waals surface area contributed by atoms with Crippen LogP contribution in [0.2, 0.25) is 0 Å². The lowest BCUT2D eigenvalue weighted by Gasteiger charge is -2.35. The van der Waals surface area contributed by atoms with E-state index >= 15 is 0 Å². The molecule has 1 aliphatic rings. The summed E-state index contributed by atoms with van der Waals surface area (Å²) < 4.78 is 13.4. The van der Waals surface area contributed by atoms with E-state index in [1.54, 1.807) is 6.07 Å². The van der Waals surface area contributed by atoms with Crippen molar-refractivity contribution in [2.24, 2.45) is 0 Å². The maximum atomic E-state index is 13.4. The second kappa shape index (κ2) is 7.58. The van der Waals surface area contributed by atoms with Crippen LogP contribution < -0.4 is 10.2 Å². The lowest BCUT2D eigenvalue weighted by atomic mass is 9.94. The van der Waals surface area contributed by atoms with Crippen molar-refractivity contribution in [2.45, 2.75) is 39.7 Å². The Labute approximate surface area is 165 Å². The van der Waals surface area contributed by atoms with Gasteiger partial charge in [0.2, 0.25) is 5.95 Å². The summed E-state index contributed by atoms with van der Waals surface area (Å²) in [6.07, 6.45) is 1.81. The number of aromatic nitrogens is 2. The van der Waals surface area contributed by atoms with Gasteiger partial charge < -0.3 is 10.2 Å². The Morgan fingerprint density at radius 2 is 1.96 bits per heavy atom. The van der Waals surface area contributed by atoms with E-state index in [-0.39, 0.29) is 11.9 Å². The minimum Gasteiger partial charge on any atom is -0.340 e. The number of hydrogen-bond donors (Lipinski definition) is 1. The molecule has 0 fully saturated rings. The van der Waals surface area contributed by atoms with Crippen molar-refractivity contribution in [3.8, 4) is 0 Å². The van der Waals surface area contributed by atoms with Gasteiger partial charge in [-0.3, -0.25) is 0 Å². The minimum atomic E-state index is -0.235. The molecule has 4 rings (SSSR count). The van der Waals surface area contributed by atoms with E-state index in [4.69, 9.17) is 9.97 Å². The molecule has 1 N–H and O–H groups in total. The average Bonchev–Trinajstić information content (AvgIpc) is 2.70. The molecular weight excluding hydrogens is 351 g/mol. The second-order valence-corrected chi connectivity index (χ2v) is 7.30. The van der Waals surface area contributed by atoms with Gasteiger partial charge in [-0.15, -0.1) is 0 Å². The van der Waals surface area contributed by atoms with Gasteiger partial charge in [0, 0.05) is 24.0 Å². The molecule has 2 aromatic carbocycles. The molecule has 0 spiro atoms. The van der Waals surface area contributed by atoms with Crippen LogP contribution in [0.1, 0.15) is 42.3 Å². The highest BCUT2D eigenvalue weighted by molar-refractivity contribution is 5.61. The lowest BCUT2D eigenvalue weighted by Crippen LogP contribution is -2.35. The molecule has 2 heterocycles. The molecule has 0 aliphatic carbocycles. The van der Waals surface area contributed by atoms with Crippen molar-refractivity contribution in [3.63, 3.8) is 0 Å². The quantitative estimate of drug-likeness (QED) is 0.666. The maximum absolute atomic E-state index is 13.4. The predicted molar refractivity (Wildman–Crippen MR) is 112 cm³/mol. The van der Waals surface area contributed by atoms with Gasteiger partial charge in [-0.25, -0.2) is 9.37 Å². The highest BCUT2D eigenvalue weighted by Gasteiger charge is 2.26. The fourth-order valence-corrected chi connectivity index (χ4v) is 3.81. The summed E-state index contributed by atoms with van der Waals surface area (Å²) in [7, 11) is 0. The lowest BCUT2D eigenvalue weighted by molar-refractivity contribution is 0.607. The third kappa shape index (κ3) is 3.57. The Hall–Kier alpha value is -2.95. The standard InChI is InChI=1S/C23H25FN4/c1-4-19-14-22(26-21-10-9-18(24)13-15(21)2)27-23(25-19)28-12-11-17-7-5-6-8-20(17)16(28)3/h5-10,13-14,16H,4,11-12H2,1-3H3,(H,25,26,27). The van der Waals surface area contributed by atoms with Gasteiger partial charge in [-0.2, -0.15) is 4.98 Å². The first-order valence-electron chi connectivity index (χ1n) is 9.80. The SMILES string of the molecule is CCc1cc(Nc2ccc(F)cc2C)nc(N2CCc3ccccc3C2C)n1. The highest BCUT2D eigenvalue weighted by atomic mass is 19.1. The summed E-state index contributed by atoms with van der Waals surface area (Å²) in [4.78, 5) is 11.9. The number of nitrogens with zero attached hydrogens (tertiary/aromatic N) is 3. The van der Waals surface area contributed by atoms with E-state index in [9.17, 15) is 4.39 Å². The Morgan fingerprint density at radius 1 is 1.14 bits per heavy atom. The fourth-order valence-electron chi connectivity index (χ4n) is 3.81. The predicted octanol–water partition coefficient (Wildman–Crippen LogP) is 5.35. The van der Waals surface area contributed by atoms with Gasteiger partial charge in [0.1, 0.15) is 11.6 Å². The molecule has 144 valence electrons. The van der Waals surface area contributed by atoms with Crippen molar-refractivity contribution < 1.29 is 4.39 Å². The summed E-state index contributed by atoms with van der Waals surface area (Å²) in [5.74, 6) is 1.24.